The van der Waals surface area contributed by atoms with Crippen molar-refractivity contribution in [1.82, 2.24) is 9.80 Å². The second-order valence-corrected chi connectivity index (χ2v) is 14.5. The normalized spacial score (nSPS) is 15.9. The molecule has 48 heavy (non-hydrogen) atoms. The van der Waals surface area contributed by atoms with E-state index in [1.807, 2.05) is 4.90 Å². The van der Waals surface area contributed by atoms with Gasteiger partial charge in [-0.2, -0.15) is 0 Å². The van der Waals surface area contributed by atoms with E-state index in [4.69, 9.17) is 4.74 Å². The van der Waals surface area contributed by atoms with Gasteiger partial charge >= 0.3 is 6.09 Å². The molecule has 0 aliphatic carbocycles. The summed E-state index contributed by atoms with van der Waals surface area (Å²) in [7, 11) is 2.18. The molecule has 0 radical (unpaired) electrons. The van der Waals surface area contributed by atoms with Crippen molar-refractivity contribution in [2.24, 2.45) is 5.92 Å². The van der Waals surface area contributed by atoms with Crippen LogP contribution in [0.1, 0.15) is 181 Å². The molecule has 0 aromatic carbocycles. The Morgan fingerprint density at radius 1 is 0.604 bits per heavy atom. The molecule has 1 unspecified atom stereocenters. The van der Waals surface area contributed by atoms with E-state index in [1.54, 1.807) is 0 Å². The molecule has 1 amide bonds. The fraction of sp³-hybridized carbons (Fsp3) is 0.795. The van der Waals surface area contributed by atoms with Crippen molar-refractivity contribution in [3.8, 4) is 0 Å². The summed E-state index contributed by atoms with van der Waals surface area (Å²) in [5.74, 6) is 0.485. The second kappa shape index (κ2) is 35.0. The number of carbonyl (C=O) groups excluding carboxylic acids is 1. The lowest BCUT2D eigenvalue weighted by atomic mass is 10.00. The van der Waals surface area contributed by atoms with Crippen molar-refractivity contribution in [3.05, 3.63) is 48.6 Å². The third kappa shape index (κ3) is 29.1. The molecular weight excluding hydrogens is 588 g/mol. The summed E-state index contributed by atoms with van der Waals surface area (Å²) >= 11 is 0. The first-order valence-electron chi connectivity index (χ1n) is 20.9. The Morgan fingerprint density at radius 3 is 1.46 bits per heavy atom. The zero-order valence-electron chi connectivity index (χ0n) is 32.3. The maximum atomic E-state index is 13.1. The number of amides is 1. The van der Waals surface area contributed by atoms with Crippen molar-refractivity contribution in [1.29, 1.82) is 0 Å². The first-order valence-corrected chi connectivity index (χ1v) is 20.9. The van der Waals surface area contributed by atoms with Gasteiger partial charge in [-0.1, -0.05) is 140 Å². The monoisotopic (exact) mass is 669 g/mol. The van der Waals surface area contributed by atoms with E-state index in [0.717, 1.165) is 51.9 Å². The van der Waals surface area contributed by atoms with Gasteiger partial charge in [0.05, 0.1) is 6.61 Å². The number of ether oxygens (including phenoxy) is 1. The summed E-state index contributed by atoms with van der Waals surface area (Å²) in [5.41, 5.74) is 0. The predicted octanol–water partition coefficient (Wildman–Crippen LogP) is 13.4. The highest BCUT2D eigenvalue weighted by atomic mass is 16.6. The smallest absolute Gasteiger partial charge is 0.409 e. The van der Waals surface area contributed by atoms with E-state index in [9.17, 15) is 4.79 Å². The summed E-state index contributed by atoms with van der Waals surface area (Å²) in [4.78, 5) is 17.5. The zero-order chi connectivity index (χ0) is 34.6. The Bertz CT molecular complexity index is 769. The summed E-state index contributed by atoms with van der Waals surface area (Å²) in [6, 6.07) is 0. The number of unbranched alkanes of at least 4 members (excludes halogenated alkanes) is 18. The van der Waals surface area contributed by atoms with Crippen LogP contribution in [-0.4, -0.2) is 55.7 Å². The molecule has 1 fully saturated rings. The molecule has 1 heterocycles. The molecule has 1 atom stereocenters. The Kier molecular flexibility index (Phi) is 32.3. The van der Waals surface area contributed by atoms with Crippen molar-refractivity contribution >= 4 is 6.09 Å². The third-order valence-corrected chi connectivity index (χ3v) is 9.68. The topological polar surface area (TPSA) is 32.8 Å². The second-order valence-electron chi connectivity index (χ2n) is 14.5. The van der Waals surface area contributed by atoms with Crippen LogP contribution in [0.25, 0.3) is 0 Å². The minimum atomic E-state index is -0.0755. The van der Waals surface area contributed by atoms with Gasteiger partial charge in [0.25, 0.3) is 0 Å². The Balaban J connectivity index is 2.19. The molecule has 278 valence electrons. The molecule has 0 aromatic rings. The van der Waals surface area contributed by atoms with Gasteiger partial charge < -0.3 is 14.5 Å². The maximum absolute atomic E-state index is 13.1. The number of nitrogens with zero attached hydrogens (tertiary/aromatic N) is 2. The number of allylic oxidation sites excluding steroid dienone is 8. The average Bonchev–Trinajstić information content (AvgIpc) is 3.09. The Morgan fingerprint density at radius 2 is 1.02 bits per heavy atom. The SMILES string of the molecule is CCCCC/C=C\C/C=C\CCCCCCCCN(CCCCCCCC/C=C\C/C=C\CCCCC)C(=O)OCC1CCCN(C)C1. The Hall–Kier alpha value is -1.81. The first-order chi connectivity index (χ1) is 23.7. The molecule has 0 saturated carbocycles. The molecular formula is C44H80N2O2. The van der Waals surface area contributed by atoms with Crippen LogP contribution in [0.4, 0.5) is 4.79 Å². The fourth-order valence-electron chi connectivity index (χ4n) is 6.57. The lowest BCUT2D eigenvalue weighted by molar-refractivity contribution is 0.0689. The number of carbonyl (C=O) groups is 1. The van der Waals surface area contributed by atoms with Crippen LogP contribution in [0.5, 0.6) is 0 Å². The largest absolute Gasteiger partial charge is 0.449 e. The van der Waals surface area contributed by atoms with E-state index < -0.39 is 0 Å². The van der Waals surface area contributed by atoms with Gasteiger partial charge in [0.2, 0.25) is 0 Å². The van der Waals surface area contributed by atoms with Crippen LogP contribution in [0, 0.1) is 5.92 Å². The number of hydrogen-bond donors (Lipinski definition) is 0. The lowest BCUT2D eigenvalue weighted by Gasteiger charge is -2.30. The van der Waals surface area contributed by atoms with E-state index in [0.29, 0.717) is 12.5 Å². The van der Waals surface area contributed by atoms with Gasteiger partial charge in [-0.25, -0.2) is 4.79 Å². The van der Waals surface area contributed by atoms with Gasteiger partial charge in [-0.15, -0.1) is 0 Å². The van der Waals surface area contributed by atoms with E-state index >= 15 is 0 Å². The highest BCUT2D eigenvalue weighted by Gasteiger charge is 2.21. The van der Waals surface area contributed by atoms with Crippen LogP contribution < -0.4 is 0 Å². The van der Waals surface area contributed by atoms with E-state index in [2.05, 4.69) is 74.4 Å². The molecule has 1 aliphatic heterocycles. The molecule has 0 bridgehead atoms. The maximum Gasteiger partial charge on any atom is 0.409 e. The molecule has 1 rings (SSSR count). The van der Waals surface area contributed by atoms with Gasteiger partial charge in [0.1, 0.15) is 0 Å². The zero-order valence-corrected chi connectivity index (χ0v) is 32.3. The highest BCUT2D eigenvalue weighted by Crippen LogP contribution is 2.17. The molecule has 4 heteroatoms. The lowest BCUT2D eigenvalue weighted by Crippen LogP contribution is -2.38. The van der Waals surface area contributed by atoms with Gasteiger partial charge in [-0.3, -0.25) is 0 Å². The first kappa shape index (κ1) is 44.2. The summed E-state index contributed by atoms with van der Waals surface area (Å²) in [6.45, 7) is 9.00. The van der Waals surface area contributed by atoms with Crippen LogP contribution >= 0.6 is 0 Å². The number of likely N-dealkylation sites (tertiary alicyclic amines) is 1. The molecule has 0 spiro atoms. The number of piperidine rings is 1. The highest BCUT2D eigenvalue weighted by molar-refractivity contribution is 5.67. The van der Waals surface area contributed by atoms with Crippen LogP contribution in [0.15, 0.2) is 48.6 Å². The summed E-state index contributed by atoms with van der Waals surface area (Å²) in [6.07, 6.45) is 50.9. The molecule has 1 aliphatic rings. The molecule has 1 saturated heterocycles. The van der Waals surface area contributed by atoms with Crippen molar-refractivity contribution in [3.63, 3.8) is 0 Å². The number of hydrogen-bond acceptors (Lipinski definition) is 3. The predicted molar refractivity (Wildman–Crippen MR) is 212 cm³/mol. The minimum Gasteiger partial charge on any atom is -0.449 e. The van der Waals surface area contributed by atoms with Crippen LogP contribution in [-0.2, 0) is 4.74 Å². The minimum absolute atomic E-state index is 0.0755. The van der Waals surface area contributed by atoms with Crippen LogP contribution in [0.2, 0.25) is 0 Å². The standard InChI is InChI=1S/C44H80N2O2/c1-4-6-8-10-12-14-16-18-20-22-24-26-28-30-32-34-39-46(44(47)48-42-43-37-36-38-45(3)41-43)40-35-33-31-29-27-25-23-21-19-17-15-13-11-9-7-5-2/h12-15,18-21,43H,4-11,16-17,22-42H2,1-3H3/b14-12-,15-13-,20-18-,21-19-. The van der Waals surface area contributed by atoms with E-state index in [-0.39, 0.29) is 6.09 Å². The van der Waals surface area contributed by atoms with Gasteiger partial charge in [-0.05, 0) is 103 Å². The van der Waals surface area contributed by atoms with Crippen molar-refractivity contribution in [2.45, 2.75) is 181 Å². The molecule has 4 nitrogen and oxygen atoms in total. The third-order valence-electron chi connectivity index (χ3n) is 9.68. The fourth-order valence-corrected chi connectivity index (χ4v) is 6.57. The quantitative estimate of drug-likeness (QED) is 0.0528. The van der Waals surface area contributed by atoms with Gasteiger partial charge in [0.15, 0.2) is 0 Å². The number of rotatable bonds is 32. The Labute approximate surface area is 299 Å². The molecule has 0 aromatic heterocycles. The van der Waals surface area contributed by atoms with E-state index in [1.165, 1.54) is 141 Å². The van der Waals surface area contributed by atoms with Crippen LogP contribution in [0.3, 0.4) is 0 Å². The summed E-state index contributed by atoms with van der Waals surface area (Å²) in [5, 5.41) is 0. The average molecular weight is 669 g/mol. The summed E-state index contributed by atoms with van der Waals surface area (Å²) < 4.78 is 5.89. The molecule has 0 N–H and O–H groups in total. The van der Waals surface area contributed by atoms with Crippen molar-refractivity contribution < 1.29 is 9.53 Å². The van der Waals surface area contributed by atoms with Gasteiger partial charge in [0, 0.05) is 25.6 Å². The van der Waals surface area contributed by atoms with Crippen molar-refractivity contribution in [2.75, 3.05) is 39.8 Å².